The maximum absolute atomic E-state index is 11.3. The largest absolute Gasteiger partial charge is 0.381 e. The Morgan fingerprint density at radius 1 is 1.38 bits per heavy atom. The van der Waals surface area contributed by atoms with E-state index in [2.05, 4.69) is 5.32 Å². The Morgan fingerprint density at radius 2 is 2.00 bits per heavy atom. The third-order valence-electron chi connectivity index (χ3n) is 2.96. The molecule has 0 amide bonds. The van der Waals surface area contributed by atoms with Gasteiger partial charge in [-0.2, -0.15) is 0 Å². The normalized spacial score (nSPS) is 20.9. The molecule has 1 aliphatic rings. The fourth-order valence-electron chi connectivity index (χ4n) is 2.25. The van der Waals surface area contributed by atoms with Crippen LogP contribution in [0.3, 0.4) is 0 Å². The Kier molecular flexibility index (Phi) is 5.72. The van der Waals surface area contributed by atoms with Crippen LogP contribution in [0, 0.1) is 5.92 Å². The highest BCUT2D eigenvalue weighted by Gasteiger charge is 2.21. The van der Waals surface area contributed by atoms with Crippen molar-refractivity contribution in [1.82, 2.24) is 5.32 Å². The number of ether oxygens (including phenoxy) is 1. The van der Waals surface area contributed by atoms with Crippen LogP contribution in [-0.2, 0) is 14.6 Å². The van der Waals surface area contributed by atoms with Crippen molar-refractivity contribution in [2.45, 2.75) is 32.2 Å². The van der Waals surface area contributed by atoms with Gasteiger partial charge in [-0.15, -0.1) is 0 Å². The highest BCUT2D eigenvalue weighted by Crippen LogP contribution is 2.20. The minimum Gasteiger partial charge on any atom is -0.381 e. The third-order valence-corrected chi connectivity index (χ3v) is 3.96. The second kappa shape index (κ2) is 6.57. The smallest absolute Gasteiger partial charge is 0.148 e. The molecule has 1 rings (SSSR count). The molecular formula is C11H23NO3S. The maximum atomic E-state index is 11.3. The molecule has 0 bridgehead atoms. The van der Waals surface area contributed by atoms with E-state index in [0.717, 1.165) is 39.0 Å². The van der Waals surface area contributed by atoms with Crippen LogP contribution in [-0.4, -0.2) is 46.2 Å². The van der Waals surface area contributed by atoms with Gasteiger partial charge in [-0.3, -0.25) is 0 Å². The molecule has 1 fully saturated rings. The highest BCUT2D eigenvalue weighted by molar-refractivity contribution is 7.90. The monoisotopic (exact) mass is 249 g/mol. The number of hydrogen-bond donors (Lipinski definition) is 1. The molecule has 1 aliphatic heterocycles. The van der Waals surface area contributed by atoms with Gasteiger partial charge in [-0.05, 0) is 31.7 Å². The van der Waals surface area contributed by atoms with Crippen LogP contribution in [0.25, 0.3) is 0 Å². The number of sulfone groups is 1. The van der Waals surface area contributed by atoms with Crippen molar-refractivity contribution in [1.29, 1.82) is 0 Å². The van der Waals surface area contributed by atoms with E-state index in [1.54, 1.807) is 0 Å². The first kappa shape index (κ1) is 13.9. The van der Waals surface area contributed by atoms with Crippen LogP contribution < -0.4 is 5.32 Å². The van der Waals surface area contributed by atoms with Crippen LogP contribution >= 0.6 is 0 Å². The van der Waals surface area contributed by atoms with E-state index < -0.39 is 9.84 Å². The molecule has 0 radical (unpaired) electrons. The Bertz CT molecular complexity index is 284. The topological polar surface area (TPSA) is 55.4 Å². The van der Waals surface area contributed by atoms with E-state index in [9.17, 15) is 8.42 Å². The van der Waals surface area contributed by atoms with Crippen molar-refractivity contribution in [2.24, 2.45) is 5.92 Å². The van der Waals surface area contributed by atoms with Crippen LogP contribution in [0.2, 0.25) is 0 Å². The molecule has 1 saturated heterocycles. The van der Waals surface area contributed by atoms with Gasteiger partial charge in [0.2, 0.25) is 0 Å². The summed E-state index contributed by atoms with van der Waals surface area (Å²) in [5.41, 5.74) is 0. The Labute approximate surface area is 98.7 Å². The molecule has 16 heavy (non-hydrogen) atoms. The molecule has 1 unspecified atom stereocenters. The van der Waals surface area contributed by atoms with Crippen molar-refractivity contribution >= 4 is 9.84 Å². The first-order chi connectivity index (χ1) is 7.51. The molecule has 1 atom stereocenters. The van der Waals surface area contributed by atoms with Gasteiger partial charge in [0, 0.05) is 25.5 Å². The predicted molar refractivity (Wildman–Crippen MR) is 65.3 cm³/mol. The average molecular weight is 249 g/mol. The van der Waals surface area contributed by atoms with Gasteiger partial charge in [0.05, 0.1) is 5.75 Å². The van der Waals surface area contributed by atoms with Crippen molar-refractivity contribution in [3.05, 3.63) is 0 Å². The second-order valence-electron chi connectivity index (χ2n) is 4.64. The van der Waals surface area contributed by atoms with Gasteiger partial charge in [-0.1, -0.05) is 6.92 Å². The zero-order chi connectivity index (χ0) is 12.0. The zero-order valence-electron chi connectivity index (χ0n) is 10.2. The van der Waals surface area contributed by atoms with E-state index in [1.165, 1.54) is 6.26 Å². The maximum Gasteiger partial charge on any atom is 0.148 e. The minimum atomic E-state index is -2.89. The lowest BCUT2D eigenvalue weighted by Crippen LogP contribution is -2.37. The van der Waals surface area contributed by atoms with Crippen molar-refractivity contribution in [3.8, 4) is 0 Å². The molecule has 4 nitrogen and oxygen atoms in total. The quantitative estimate of drug-likeness (QED) is 0.757. The minimum absolute atomic E-state index is 0.100. The van der Waals surface area contributed by atoms with Crippen LogP contribution in [0.5, 0.6) is 0 Å². The lowest BCUT2D eigenvalue weighted by molar-refractivity contribution is 0.0613. The molecule has 96 valence electrons. The molecule has 1 N–H and O–H groups in total. The summed E-state index contributed by atoms with van der Waals surface area (Å²) in [6.45, 7) is 4.48. The molecule has 0 spiro atoms. The molecule has 0 aromatic carbocycles. The summed E-state index contributed by atoms with van der Waals surface area (Å²) in [6.07, 6.45) is 4.38. The van der Waals surface area contributed by atoms with E-state index in [1.807, 2.05) is 6.92 Å². The summed E-state index contributed by atoms with van der Waals surface area (Å²) in [5.74, 6) is 0.859. The zero-order valence-corrected chi connectivity index (χ0v) is 11.1. The summed E-state index contributed by atoms with van der Waals surface area (Å²) in [7, 11) is -2.89. The number of rotatable bonds is 6. The summed E-state index contributed by atoms with van der Waals surface area (Å²) < 4.78 is 27.9. The van der Waals surface area contributed by atoms with Gasteiger partial charge in [0.15, 0.2) is 0 Å². The highest BCUT2D eigenvalue weighted by atomic mass is 32.2. The summed E-state index contributed by atoms with van der Waals surface area (Å²) in [4.78, 5) is 0. The summed E-state index contributed by atoms with van der Waals surface area (Å²) in [5, 5.41) is 3.27. The average Bonchev–Trinajstić information content (AvgIpc) is 2.17. The van der Waals surface area contributed by atoms with Crippen LogP contribution in [0.15, 0.2) is 0 Å². The number of hydrogen-bond acceptors (Lipinski definition) is 4. The van der Waals surface area contributed by atoms with Gasteiger partial charge in [0.1, 0.15) is 9.84 Å². The first-order valence-electron chi connectivity index (χ1n) is 6.00. The fourth-order valence-corrected chi connectivity index (χ4v) is 3.23. The van der Waals surface area contributed by atoms with E-state index in [0.29, 0.717) is 5.92 Å². The van der Waals surface area contributed by atoms with E-state index >= 15 is 0 Å². The van der Waals surface area contributed by atoms with E-state index in [4.69, 9.17) is 4.74 Å². The summed E-state index contributed by atoms with van der Waals surface area (Å²) in [6, 6.07) is 0.100. The van der Waals surface area contributed by atoms with Crippen molar-refractivity contribution in [3.63, 3.8) is 0 Å². The lowest BCUT2D eigenvalue weighted by atomic mass is 9.93. The van der Waals surface area contributed by atoms with Gasteiger partial charge in [0.25, 0.3) is 0 Å². The Balaban J connectivity index is 2.43. The predicted octanol–water partition coefficient (Wildman–Crippen LogP) is 0.826. The van der Waals surface area contributed by atoms with Crippen LogP contribution in [0.4, 0.5) is 0 Å². The Morgan fingerprint density at radius 3 is 2.50 bits per heavy atom. The molecule has 0 aliphatic carbocycles. The standard InChI is InChI=1S/C11H23NO3S/c1-3-12-11(9-16(2,13)14)8-10-4-6-15-7-5-10/h10-12H,3-9H2,1-2H3. The Hall–Kier alpha value is -0.130. The second-order valence-corrected chi connectivity index (χ2v) is 6.82. The lowest BCUT2D eigenvalue weighted by Gasteiger charge is -2.26. The van der Waals surface area contributed by atoms with Crippen molar-refractivity contribution < 1.29 is 13.2 Å². The first-order valence-corrected chi connectivity index (χ1v) is 8.06. The van der Waals surface area contributed by atoms with Gasteiger partial charge in [-0.25, -0.2) is 8.42 Å². The molecule has 0 aromatic heterocycles. The molecule has 5 heteroatoms. The summed E-state index contributed by atoms with van der Waals surface area (Å²) >= 11 is 0. The molecule has 0 saturated carbocycles. The molecule has 0 aromatic rings. The molecule has 1 heterocycles. The fraction of sp³-hybridized carbons (Fsp3) is 1.00. The van der Waals surface area contributed by atoms with Crippen LogP contribution in [0.1, 0.15) is 26.2 Å². The third kappa shape index (κ3) is 5.82. The molecular weight excluding hydrogens is 226 g/mol. The van der Waals surface area contributed by atoms with Gasteiger partial charge < -0.3 is 10.1 Å². The van der Waals surface area contributed by atoms with Gasteiger partial charge >= 0.3 is 0 Å². The SMILES string of the molecule is CCNC(CC1CCOCC1)CS(C)(=O)=O. The number of nitrogens with one attached hydrogen (secondary N) is 1. The van der Waals surface area contributed by atoms with E-state index in [-0.39, 0.29) is 11.8 Å². The van der Waals surface area contributed by atoms with Crippen molar-refractivity contribution in [2.75, 3.05) is 31.8 Å².